The van der Waals surface area contributed by atoms with Crippen molar-refractivity contribution in [1.29, 1.82) is 0 Å². The van der Waals surface area contributed by atoms with Gasteiger partial charge in [0.1, 0.15) is 5.75 Å². The molecule has 20 heavy (non-hydrogen) atoms. The van der Waals surface area contributed by atoms with E-state index >= 15 is 0 Å². The van der Waals surface area contributed by atoms with Crippen LogP contribution in [-0.2, 0) is 10.0 Å². The van der Waals surface area contributed by atoms with Crippen LogP contribution >= 0.6 is 0 Å². The molecular formula is C14H22N2O3S. The highest BCUT2D eigenvalue weighted by molar-refractivity contribution is 7.89. The van der Waals surface area contributed by atoms with Crippen LogP contribution in [0.1, 0.15) is 32.1 Å². The molecule has 0 saturated heterocycles. The van der Waals surface area contributed by atoms with Gasteiger partial charge in [-0.3, -0.25) is 0 Å². The van der Waals surface area contributed by atoms with E-state index in [9.17, 15) is 8.42 Å². The van der Waals surface area contributed by atoms with Gasteiger partial charge in [-0.1, -0.05) is 19.3 Å². The Morgan fingerprint density at radius 3 is 2.45 bits per heavy atom. The van der Waals surface area contributed by atoms with Crippen molar-refractivity contribution in [2.75, 3.05) is 7.11 Å². The number of ether oxygens (including phenoxy) is 1. The first-order chi connectivity index (χ1) is 9.53. The number of sulfonamides is 1. The predicted molar refractivity (Wildman–Crippen MR) is 78.2 cm³/mol. The Morgan fingerprint density at radius 2 is 1.80 bits per heavy atom. The van der Waals surface area contributed by atoms with E-state index in [1.807, 2.05) is 0 Å². The summed E-state index contributed by atoms with van der Waals surface area (Å²) in [6, 6.07) is 6.09. The maximum atomic E-state index is 12.4. The quantitative estimate of drug-likeness (QED) is 0.828. The van der Waals surface area contributed by atoms with E-state index in [-0.39, 0.29) is 17.0 Å². The van der Waals surface area contributed by atoms with Gasteiger partial charge in [-0.15, -0.1) is 0 Å². The molecule has 1 aliphatic rings. The molecule has 0 spiro atoms. The summed E-state index contributed by atoms with van der Waals surface area (Å²) in [6.45, 7) is 0. The van der Waals surface area contributed by atoms with Crippen molar-refractivity contribution in [3.8, 4) is 5.75 Å². The molecule has 5 nitrogen and oxygen atoms in total. The van der Waals surface area contributed by atoms with E-state index in [1.165, 1.54) is 0 Å². The van der Waals surface area contributed by atoms with E-state index < -0.39 is 10.0 Å². The second-order valence-corrected chi connectivity index (χ2v) is 6.92. The van der Waals surface area contributed by atoms with Crippen LogP contribution in [0.15, 0.2) is 29.2 Å². The number of hydrogen-bond acceptors (Lipinski definition) is 4. The summed E-state index contributed by atoms with van der Waals surface area (Å²) in [5.41, 5.74) is 6.06. The number of nitrogens with one attached hydrogen (secondary N) is 1. The first-order valence-corrected chi connectivity index (χ1v) is 8.43. The van der Waals surface area contributed by atoms with Gasteiger partial charge in [0.25, 0.3) is 0 Å². The van der Waals surface area contributed by atoms with Crippen molar-refractivity contribution in [2.24, 2.45) is 5.73 Å². The summed E-state index contributed by atoms with van der Waals surface area (Å²) < 4.78 is 32.5. The zero-order valence-corrected chi connectivity index (χ0v) is 12.5. The van der Waals surface area contributed by atoms with Crippen molar-refractivity contribution in [3.63, 3.8) is 0 Å². The molecule has 0 aromatic heterocycles. The minimum atomic E-state index is -3.52. The fourth-order valence-corrected chi connectivity index (χ4v) is 3.83. The average Bonchev–Trinajstić information content (AvgIpc) is 2.64. The number of benzene rings is 1. The van der Waals surface area contributed by atoms with Gasteiger partial charge >= 0.3 is 0 Å². The topological polar surface area (TPSA) is 81.4 Å². The molecular weight excluding hydrogens is 276 g/mol. The summed E-state index contributed by atoms with van der Waals surface area (Å²) in [5.74, 6) is 0.634. The summed E-state index contributed by atoms with van der Waals surface area (Å²) >= 11 is 0. The molecule has 0 radical (unpaired) electrons. The zero-order valence-electron chi connectivity index (χ0n) is 11.7. The fourth-order valence-electron chi connectivity index (χ4n) is 2.50. The average molecular weight is 298 g/mol. The van der Waals surface area contributed by atoms with Gasteiger partial charge in [0.05, 0.1) is 12.0 Å². The minimum Gasteiger partial charge on any atom is -0.497 e. The third kappa shape index (κ3) is 3.71. The summed E-state index contributed by atoms with van der Waals surface area (Å²) in [6.07, 6.45) is 4.88. The second-order valence-electron chi connectivity index (χ2n) is 5.21. The van der Waals surface area contributed by atoms with E-state index in [2.05, 4.69) is 4.72 Å². The summed E-state index contributed by atoms with van der Waals surface area (Å²) in [4.78, 5) is 0.245. The lowest BCUT2D eigenvalue weighted by Gasteiger charge is -2.22. The van der Waals surface area contributed by atoms with Crippen molar-refractivity contribution < 1.29 is 13.2 Å². The summed E-state index contributed by atoms with van der Waals surface area (Å²) in [5, 5.41) is 0. The van der Waals surface area contributed by atoms with Crippen LogP contribution in [-0.4, -0.2) is 27.6 Å². The first-order valence-electron chi connectivity index (χ1n) is 6.95. The Morgan fingerprint density at radius 1 is 1.15 bits per heavy atom. The van der Waals surface area contributed by atoms with Crippen LogP contribution < -0.4 is 15.2 Å². The van der Waals surface area contributed by atoms with Crippen LogP contribution in [0.4, 0.5) is 0 Å². The lowest BCUT2D eigenvalue weighted by Crippen LogP contribution is -2.46. The van der Waals surface area contributed by atoms with Crippen LogP contribution in [0, 0.1) is 0 Å². The minimum absolute atomic E-state index is 0.106. The monoisotopic (exact) mass is 298 g/mol. The Kier molecular flexibility index (Phi) is 5.01. The third-order valence-corrected chi connectivity index (χ3v) is 5.25. The van der Waals surface area contributed by atoms with Crippen LogP contribution in [0.5, 0.6) is 5.75 Å². The van der Waals surface area contributed by atoms with Crippen molar-refractivity contribution in [2.45, 2.75) is 49.1 Å². The fraction of sp³-hybridized carbons (Fsp3) is 0.571. The molecule has 112 valence electrons. The second kappa shape index (κ2) is 6.56. The molecule has 1 aliphatic carbocycles. The van der Waals surface area contributed by atoms with E-state index in [0.717, 1.165) is 32.1 Å². The van der Waals surface area contributed by atoms with E-state index in [4.69, 9.17) is 10.5 Å². The van der Waals surface area contributed by atoms with E-state index in [1.54, 1.807) is 31.4 Å². The summed E-state index contributed by atoms with van der Waals surface area (Å²) in [7, 11) is -1.97. The van der Waals surface area contributed by atoms with Gasteiger partial charge in [0.15, 0.2) is 0 Å². The Balaban J connectivity index is 2.12. The standard InChI is InChI=1S/C14H22N2O3S/c1-19-11-7-9-12(10-8-11)20(17,18)16-14-6-4-2-3-5-13(14)15/h7-10,13-14,16H,2-6,15H2,1H3. The predicted octanol–water partition coefficient (Wildman–Crippen LogP) is 1.63. The molecule has 2 atom stereocenters. The maximum Gasteiger partial charge on any atom is 0.240 e. The van der Waals surface area contributed by atoms with Gasteiger partial charge < -0.3 is 10.5 Å². The van der Waals surface area contributed by atoms with Gasteiger partial charge in [0, 0.05) is 12.1 Å². The molecule has 2 rings (SSSR count). The van der Waals surface area contributed by atoms with Gasteiger partial charge in [-0.05, 0) is 37.1 Å². The van der Waals surface area contributed by atoms with Crippen molar-refractivity contribution in [3.05, 3.63) is 24.3 Å². The lowest BCUT2D eigenvalue weighted by atomic mass is 10.1. The van der Waals surface area contributed by atoms with Crippen molar-refractivity contribution in [1.82, 2.24) is 4.72 Å². The Bertz CT molecular complexity index is 528. The Hall–Kier alpha value is -1.11. The SMILES string of the molecule is COc1ccc(S(=O)(=O)NC2CCCCCC2N)cc1. The third-order valence-electron chi connectivity index (χ3n) is 3.75. The molecule has 2 unspecified atom stereocenters. The number of rotatable bonds is 4. The normalized spacial score (nSPS) is 24.1. The highest BCUT2D eigenvalue weighted by atomic mass is 32.2. The molecule has 1 aromatic rings. The van der Waals surface area contributed by atoms with Gasteiger partial charge in [-0.25, -0.2) is 13.1 Å². The smallest absolute Gasteiger partial charge is 0.240 e. The van der Waals surface area contributed by atoms with E-state index in [0.29, 0.717) is 5.75 Å². The number of methoxy groups -OCH3 is 1. The molecule has 0 aliphatic heterocycles. The highest BCUT2D eigenvalue weighted by Crippen LogP contribution is 2.20. The maximum absolute atomic E-state index is 12.4. The van der Waals surface area contributed by atoms with Crippen LogP contribution in [0.2, 0.25) is 0 Å². The number of nitrogens with two attached hydrogens (primary N) is 1. The molecule has 6 heteroatoms. The van der Waals surface area contributed by atoms with Gasteiger partial charge in [0.2, 0.25) is 10.0 Å². The molecule has 1 saturated carbocycles. The first kappa shape index (κ1) is 15.3. The zero-order chi connectivity index (χ0) is 14.6. The van der Waals surface area contributed by atoms with Crippen LogP contribution in [0.3, 0.4) is 0 Å². The van der Waals surface area contributed by atoms with Crippen LogP contribution in [0.25, 0.3) is 0 Å². The molecule has 3 N–H and O–H groups in total. The molecule has 1 fully saturated rings. The molecule has 0 bridgehead atoms. The molecule has 0 heterocycles. The highest BCUT2D eigenvalue weighted by Gasteiger charge is 2.26. The molecule has 0 amide bonds. The largest absolute Gasteiger partial charge is 0.497 e. The number of hydrogen-bond donors (Lipinski definition) is 2. The lowest BCUT2D eigenvalue weighted by molar-refractivity contribution is 0.414. The Labute approximate surface area is 120 Å². The van der Waals surface area contributed by atoms with Gasteiger partial charge in [-0.2, -0.15) is 0 Å². The van der Waals surface area contributed by atoms with Crippen molar-refractivity contribution >= 4 is 10.0 Å². The molecule has 1 aromatic carbocycles.